The minimum absolute atomic E-state index is 0.659. The van der Waals surface area contributed by atoms with E-state index in [0.29, 0.717) is 5.56 Å². The van der Waals surface area contributed by atoms with E-state index in [0.717, 1.165) is 44.8 Å². The molecule has 52 heavy (non-hydrogen) atoms. The maximum Gasteiger partial charge on any atom is 0.0991 e. The van der Waals surface area contributed by atoms with Crippen LogP contribution >= 0.6 is 0 Å². The van der Waals surface area contributed by atoms with Crippen LogP contribution in [0.4, 0.5) is 0 Å². The maximum absolute atomic E-state index is 9.35. The van der Waals surface area contributed by atoms with Crippen molar-refractivity contribution in [3.05, 3.63) is 194 Å². The zero-order chi connectivity index (χ0) is 34.6. The number of hydrogen-bond donors (Lipinski definition) is 0. The van der Waals surface area contributed by atoms with Crippen LogP contribution in [0.15, 0.2) is 188 Å². The van der Waals surface area contributed by atoms with Crippen LogP contribution in [0.2, 0.25) is 0 Å². The van der Waals surface area contributed by atoms with Crippen LogP contribution in [0.25, 0.3) is 88.4 Å². The summed E-state index contributed by atoms with van der Waals surface area (Å²) in [7, 11) is 0. The van der Waals surface area contributed by atoms with Gasteiger partial charge in [-0.05, 0) is 70.8 Å². The summed E-state index contributed by atoms with van der Waals surface area (Å²) in [5, 5.41) is 14.3. The zero-order valence-electron chi connectivity index (χ0n) is 28.2. The fourth-order valence-corrected chi connectivity index (χ4v) is 8.08. The normalized spacial score (nSPS) is 11.4. The van der Waals surface area contributed by atoms with E-state index in [-0.39, 0.29) is 0 Å². The number of aromatic nitrogens is 2. The highest BCUT2D eigenvalue weighted by atomic mass is 15.0. The van der Waals surface area contributed by atoms with E-state index in [1.165, 1.54) is 43.6 Å². The Morgan fingerprint density at radius 1 is 0.327 bits per heavy atom. The molecular formula is C49H31N3. The fourth-order valence-electron chi connectivity index (χ4n) is 8.08. The highest BCUT2D eigenvalue weighted by Crippen LogP contribution is 2.44. The summed E-state index contributed by atoms with van der Waals surface area (Å²) >= 11 is 0. The molecule has 8 aromatic carbocycles. The second-order valence-electron chi connectivity index (χ2n) is 13.2. The zero-order valence-corrected chi connectivity index (χ0v) is 28.2. The summed E-state index contributed by atoms with van der Waals surface area (Å²) < 4.78 is 4.85. The first kappa shape index (κ1) is 29.7. The monoisotopic (exact) mass is 661 g/mol. The molecule has 0 saturated carbocycles. The van der Waals surface area contributed by atoms with Crippen molar-refractivity contribution in [2.75, 3.05) is 0 Å². The second-order valence-corrected chi connectivity index (χ2v) is 13.2. The fraction of sp³-hybridized carbons (Fsp3) is 0. The number of benzene rings is 8. The molecule has 10 aromatic rings. The molecule has 0 unspecified atom stereocenters. The van der Waals surface area contributed by atoms with Crippen LogP contribution in [0.1, 0.15) is 5.56 Å². The lowest BCUT2D eigenvalue weighted by Crippen LogP contribution is -2.02. The Kier molecular flexibility index (Phi) is 6.87. The van der Waals surface area contributed by atoms with E-state index in [1.54, 1.807) is 0 Å². The third-order valence-corrected chi connectivity index (χ3v) is 10.4. The molecule has 0 fully saturated rings. The topological polar surface area (TPSA) is 33.6 Å². The van der Waals surface area contributed by atoms with Crippen molar-refractivity contribution >= 4 is 43.6 Å². The van der Waals surface area contributed by atoms with Gasteiger partial charge in [-0.2, -0.15) is 5.26 Å². The van der Waals surface area contributed by atoms with E-state index in [2.05, 4.69) is 179 Å². The third kappa shape index (κ3) is 4.59. The SMILES string of the molecule is N#Cc1ccc(-c2ccc(-c3c(-c4ccccc4-n4c5ccccc5c5ccccc54)cccc3-n3c4ccccc4c4ccccc43)cc2)cc1. The van der Waals surface area contributed by atoms with Gasteiger partial charge < -0.3 is 9.13 Å². The van der Waals surface area contributed by atoms with E-state index < -0.39 is 0 Å². The Morgan fingerprint density at radius 2 is 0.712 bits per heavy atom. The summed E-state index contributed by atoms with van der Waals surface area (Å²) in [6.45, 7) is 0. The third-order valence-electron chi connectivity index (χ3n) is 10.4. The van der Waals surface area contributed by atoms with Crippen LogP contribution in [-0.4, -0.2) is 9.13 Å². The average Bonchev–Trinajstić information content (AvgIpc) is 3.74. The molecule has 242 valence electrons. The van der Waals surface area contributed by atoms with Crippen molar-refractivity contribution in [1.29, 1.82) is 5.26 Å². The predicted molar refractivity (Wildman–Crippen MR) is 216 cm³/mol. The number of hydrogen-bond acceptors (Lipinski definition) is 1. The van der Waals surface area contributed by atoms with Gasteiger partial charge in [0.2, 0.25) is 0 Å². The van der Waals surface area contributed by atoms with Gasteiger partial charge in [0.05, 0.1) is 45.1 Å². The van der Waals surface area contributed by atoms with Crippen molar-refractivity contribution in [2.45, 2.75) is 0 Å². The van der Waals surface area contributed by atoms with Crippen LogP contribution in [0, 0.1) is 11.3 Å². The number of fused-ring (bicyclic) bond motifs is 6. The molecule has 2 aromatic heterocycles. The Balaban J connectivity index is 1.27. The quantitative estimate of drug-likeness (QED) is 0.181. The van der Waals surface area contributed by atoms with Crippen LogP contribution in [-0.2, 0) is 0 Å². The van der Waals surface area contributed by atoms with Gasteiger partial charge in [0.15, 0.2) is 0 Å². The van der Waals surface area contributed by atoms with Crippen molar-refractivity contribution in [3.8, 4) is 50.8 Å². The van der Waals surface area contributed by atoms with Gasteiger partial charge in [-0.3, -0.25) is 0 Å². The van der Waals surface area contributed by atoms with Gasteiger partial charge in [-0.25, -0.2) is 0 Å². The first-order chi connectivity index (χ1) is 25.8. The Morgan fingerprint density at radius 3 is 1.23 bits per heavy atom. The van der Waals surface area contributed by atoms with Crippen LogP contribution in [0.3, 0.4) is 0 Å². The van der Waals surface area contributed by atoms with Crippen molar-refractivity contribution in [1.82, 2.24) is 9.13 Å². The summed E-state index contributed by atoms with van der Waals surface area (Å²) in [5.74, 6) is 0. The van der Waals surface area contributed by atoms with Crippen LogP contribution in [0.5, 0.6) is 0 Å². The minimum atomic E-state index is 0.659. The number of para-hydroxylation sites is 5. The predicted octanol–water partition coefficient (Wildman–Crippen LogP) is 12.8. The molecule has 3 heteroatoms. The molecule has 0 saturated heterocycles. The van der Waals surface area contributed by atoms with Gasteiger partial charge in [-0.1, -0.05) is 140 Å². The second kappa shape index (κ2) is 12.0. The highest BCUT2D eigenvalue weighted by Gasteiger charge is 2.22. The molecule has 0 aliphatic rings. The summed E-state index contributed by atoms with van der Waals surface area (Å²) in [4.78, 5) is 0. The van der Waals surface area contributed by atoms with E-state index in [1.807, 2.05) is 24.3 Å². The first-order valence-corrected chi connectivity index (χ1v) is 17.6. The van der Waals surface area contributed by atoms with Crippen molar-refractivity contribution in [2.24, 2.45) is 0 Å². The number of rotatable bonds is 5. The Labute approximate surface area is 301 Å². The molecule has 0 amide bonds. The van der Waals surface area contributed by atoms with E-state index in [9.17, 15) is 5.26 Å². The van der Waals surface area contributed by atoms with Gasteiger partial charge in [0.1, 0.15) is 0 Å². The molecule has 0 spiro atoms. The number of nitriles is 1. The molecule has 3 nitrogen and oxygen atoms in total. The molecule has 0 aliphatic carbocycles. The molecule has 2 heterocycles. The van der Waals surface area contributed by atoms with Gasteiger partial charge in [-0.15, -0.1) is 0 Å². The van der Waals surface area contributed by atoms with Gasteiger partial charge >= 0.3 is 0 Å². The molecule has 0 atom stereocenters. The summed E-state index contributed by atoms with van der Waals surface area (Å²) in [5.41, 5.74) is 14.4. The largest absolute Gasteiger partial charge is 0.309 e. The molecule has 0 bridgehead atoms. The van der Waals surface area contributed by atoms with Crippen molar-refractivity contribution < 1.29 is 0 Å². The maximum atomic E-state index is 9.35. The Bertz CT molecular complexity index is 2900. The van der Waals surface area contributed by atoms with E-state index >= 15 is 0 Å². The average molecular weight is 662 g/mol. The molecule has 0 aliphatic heterocycles. The first-order valence-electron chi connectivity index (χ1n) is 17.6. The Hall–Kier alpha value is -7.15. The van der Waals surface area contributed by atoms with Gasteiger partial charge in [0.25, 0.3) is 0 Å². The molecular weight excluding hydrogens is 631 g/mol. The lowest BCUT2D eigenvalue weighted by molar-refractivity contribution is 1.17. The van der Waals surface area contributed by atoms with Gasteiger partial charge in [0, 0.05) is 32.7 Å². The molecule has 0 radical (unpaired) electrons. The number of nitrogens with zero attached hydrogens (tertiary/aromatic N) is 3. The standard InChI is InChI=1S/C49H31N3/c50-32-33-24-26-34(27-25-33)35-28-30-36(31-29-35)49-42(17-11-23-48(49)52-45-20-8-3-14-39(45)40-15-4-9-21-46(40)52)41-16-5-10-22-47(41)51-43-18-6-1-12-37(43)38-13-2-7-19-44(38)51/h1-31H. The van der Waals surface area contributed by atoms with Crippen molar-refractivity contribution in [3.63, 3.8) is 0 Å². The molecule has 10 rings (SSSR count). The molecule has 0 N–H and O–H groups in total. The minimum Gasteiger partial charge on any atom is -0.309 e. The van der Waals surface area contributed by atoms with Crippen LogP contribution < -0.4 is 0 Å². The lowest BCUT2D eigenvalue weighted by atomic mass is 9.90. The smallest absolute Gasteiger partial charge is 0.0991 e. The lowest BCUT2D eigenvalue weighted by Gasteiger charge is -2.21. The highest BCUT2D eigenvalue weighted by molar-refractivity contribution is 6.11. The van der Waals surface area contributed by atoms with E-state index in [4.69, 9.17) is 0 Å². The summed E-state index contributed by atoms with van der Waals surface area (Å²) in [6.07, 6.45) is 0. The summed E-state index contributed by atoms with van der Waals surface area (Å²) in [6, 6.07) is 69.3.